The molecule has 1 saturated heterocycles. The summed E-state index contributed by atoms with van der Waals surface area (Å²) < 4.78 is 0. The molecule has 0 radical (unpaired) electrons. The number of nitrogens with zero attached hydrogens (tertiary/aromatic N) is 1. The van der Waals surface area contributed by atoms with E-state index in [1.54, 1.807) is 0 Å². The summed E-state index contributed by atoms with van der Waals surface area (Å²) in [6, 6.07) is 0. The fraction of sp³-hybridized carbons (Fsp3) is 0.889. The highest BCUT2D eigenvalue weighted by Crippen LogP contribution is 2.04. The monoisotopic (exact) mass is 186 g/mol. The molecule has 1 heterocycles. The molecule has 13 heavy (non-hydrogen) atoms. The first-order valence-electron chi connectivity index (χ1n) is 4.90. The first-order valence-corrected chi connectivity index (χ1v) is 4.90. The van der Waals surface area contributed by atoms with Crippen LogP contribution in [0.4, 0.5) is 0 Å². The number of carbonyl (C=O) groups is 1. The van der Waals surface area contributed by atoms with Crippen LogP contribution in [0.15, 0.2) is 0 Å². The minimum absolute atomic E-state index is 0.242. The van der Waals surface area contributed by atoms with E-state index < -0.39 is 5.97 Å². The molecule has 1 fully saturated rings. The number of nitrogens with one attached hydrogen (secondary N) is 1. The van der Waals surface area contributed by atoms with Crippen molar-refractivity contribution in [2.75, 3.05) is 32.7 Å². The molecule has 4 nitrogen and oxygen atoms in total. The second-order valence-electron chi connectivity index (χ2n) is 3.54. The Labute approximate surface area is 78.9 Å². The molecule has 0 aromatic rings. The Morgan fingerprint density at radius 3 is 3.08 bits per heavy atom. The van der Waals surface area contributed by atoms with E-state index in [1.165, 1.54) is 0 Å². The third-order valence-electron chi connectivity index (χ3n) is 2.36. The van der Waals surface area contributed by atoms with Gasteiger partial charge in [0.25, 0.3) is 0 Å². The largest absolute Gasteiger partial charge is 0.481 e. The fourth-order valence-electron chi connectivity index (χ4n) is 1.67. The Hall–Kier alpha value is -0.610. The summed E-state index contributed by atoms with van der Waals surface area (Å²) >= 11 is 0. The van der Waals surface area contributed by atoms with Gasteiger partial charge in [0.2, 0.25) is 0 Å². The molecule has 1 atom stereocenters. The minimum Gasteiger partial charge on any atom is -0.481 e. The molecule has 1 unspecified atom stereocenters. The molecule has 1 aliphatic rings. The highest BCUT2D eigenvalue weighted by molar-refractivity contribution is 5.70. The molecule has 2 N–H and O–H groups in total. The van der Waals surface area contributed by atoms with Crippen LogP contribution in [0.2, 0.25) is 0 Å². The summed E-state index contributed by atoms with van der Waals surface area (Å²) in [6.45, 7) is 6.30. The third kappa shape index (κ3) is 3.32. The second kappa shape index (κ2) is 5.19. The molecule has 1 aliphatic heterocycles. The highest BCUT2D eigenvalue weighted by atomic mass is 16.4. The lowest BCUT2D eigenvalue weighted by Gasteiger charge is -2.20. The molecule has 0 spiro atoms. The fourth-order valence-corrected chi connectivity index (χ4v) is 1.67. The minimum atomic E-state index is -0.685. The van der Waals surface area contributed by atoms with Gasteiger partial charge < -0.3 is 15.3 Å². The van der Waals surface area contributed by atoms with E-state index in [2.05, 4.69) is 17.1 Å². The number of hydrogen-bond acceptors (Lipinski definition) is 3. The Balaban J connectivity index is 2.44. The van der Waals surface area contributed by atoms with E-state index in [0.29, 0.717) is 13.1 Å². The van der Waals surface area contributed by atoms with Crippen molar-refractivity contribution in [1.82, 2.24) is 10.2 Å². The Morgan fingerprint density at radius 2 is 2.46 bits per heavy atom. The predicted octanol–water partition coefficient (Wildman–Crippen LogP) is 0.00240. The van der Waals surface area contributed by atoms with Crippen LogP contribution in [-0.4, -0.2) is 48.7 Å². The van der Waals surface area contributed by atoms with Gasteiger partial charge in [-0.05, 0) is 13.0 Å². The molecule has 0 amide bonds. The molecule has 1 rings (SSSR count). The maximum atomic E-state index is 10.8. The SMILES string of the molecule is CCCN1CCNCC(C(=O)O)C1. The van der Waals surface area contributed by atoms with Gasteiger partial charge in [-0.15, -0.1) is 0 Å². The molecule has 0 aliphatic carbocycles. The Kier molecular flexibility index (Phi) is 4.18. The van der Waals surface area contributed by atoms with Crippen LogP contribution in [0, 0.1) is 5.92 Å². The highest BCUT2D eigenvalue weighted by Gasteiger charge is 2.22. The van der Waals surface area contributed by atoms with Gasteiger partial charge in [0.05, 0.1) is 5.92 Å². The van der Waals surface area contributed by atoms with Gasteiger partial charge in [-0.2, -0.15) is 0 Å². The number of hydrogen-bond donors (Lipinski definition) is 2. The topological polar surface area (TPSA) is 52.6 Å². The Morgan fingerprint density at radius 1 is 1.69 bits per heavy atom. The van der Waals surface area contributed by atoms with Crippen molar-refractivity contribution in [3.8, 4) is 0 Å². The summed E-state index contributed by atoms with van der Waals surface area (Å²) in [7, 11) is 0. The summed E-state index contributed by atoms with van der Waals surface area (Å²) in [5, 5.41) is 12.0. The molecule has 76 valence electrons. The molecule has 0 aromatic carbocycles. The lowest BCUT2D eigenvalue weighted by atomic mass is 10.1. The molecular weight excluding hydrogens is 168 g/mol. The summed E-state index contributed by atoms with van der Waals surface area (Å²) in [5.74, 6) is -0.926. The number of carboxylic acid groups (broad SMARTS) is 1. The number of aliphatic carboxylic acids is 1. The van der Waals surface area contributed by atoms with Gasteiger partial charge in [0.15, 0.2) is 0 Å². The van der Waals surface area contributed by atoms with Crippen molar-refractivity contribution < 1.29 is 9.90 Å². The van der Waals surface area contributed by atoms with Gasteiger partial charge in [-0.3, -0.25) is 4.79 Å². The van der Waals surface area contributed by atoms with E-state index in [0.717, 1.165) is 26.1 Å². The molecule has 0 saturated carbocycles. The average molecular weight is 186 g/mol. The van der Waals surface area contributed by atoms with Crippen molar-refractivity contribution in [3.05, 3.63) is 0 Å². The van der Waals surface area contributed by atoms with E-state index in [9.17, 15) is 4.79 Å². The van der Waals surface area contributed by atoms with Gasteiger partial charge in [0.1, 0.15) is 0 Å². The number of carboxylic acids is 1. The standard InChI is InChI=1S/C9H18N2O2/c1-2-4-11-5-3-10-6-8(7-11)9(12)13/h8,10H,2-7H2,1H3,(H,12,13). The zero-order valence-electron chi connectivity index (χ0n) is 8.12. The van der Waals surface area contributed by atoms with E-state index in [1.807, 2.05) is 0 Å². The van der Waals surface area contributed by atoms with Gasteiger partial charge in [-0.1, -0.05) is 6.92 Å². The van der Waals surface area contributed by atoms with Crippen LogP contribution in [0.3, 0.4) is 0 Å². The summed E-state index contributed by atoms with van der Waals surface area (Å²) in [6.07, 6.45) is 1.09. The molecule has 0 aromatic heterocycles. The predicted molar refractivity (Wildman–Crippen MR) is 50.7 cm³/mol. The van der Waals surface area contributed by atoms with E-state index >= 15 is 0 Å². The van der Waals surface area contributed by atoms with Crippen LogP contribution < -0.4 is 5.32 Å². The normalized spacial score (nSPS) is 25.5. The van der Waals surface area contributed by atoms with Crippen molar-refractivity contribution in [2.24, 2.45) is 5.92 Å². The maximum Gasteiger partial charge on any atom is 0.309 e. The van der Waals surface area contributed by atoms with Crippen LogP contribution in [-0.2, 0) is 4.79 Å². The van der Waals surface area contributed by atoms with Crippen LogP contribution in [0.1, 0.15) is 13.3 Å². The zero-order valence-corrected chi connectivity index (χ0v) is 8.12. The maximum absolute atomic E-state index is 10.8. The van der Waals surface area contributed by atoms with Crippen LogP contribution in [0.5, 0.6) is 0 Å². The van der Waals surface area contributed by atoms with Crippen LogP contribution in [0.25, 0.3) is 0 Å². The molecule has 4 heteroatoms. The van der Waals surface area contributed by atoms with Crippen molar-refractivity contribution in [2.45, 2.75) is 13.3 Å². The quantitative estimate of drug-likeness (QED) is 0.651. The third-order valence-corrected chi connectivity index (χ3v) is 2.36. The summed E-state index contributed by atoms with van der Waals surface area (Å²) in [5.41, 5.74) is 0. The zero-order chi connectivity index (χ0) is 9.68. The van der Waals surface area contributed by atoms with Crippen molar-refractivity contribution >= 4 is 5.97 Å². The lowest BCUT2D eigenvalue weighted by molar-refractivity contribution is -0.141. The van der Waals surface area contributed by atoms with E-state index in [-0.39, 0.29) is 5.92 Å². The first kappa shape index (κ1) is 10.5. The van der Waals surface area contributed by atoms with Gasteiger partial charge in [-0.25, -0.2) is 0 Å². The molecule has 0 bridgehead atoms. The van der Waals surface area contributed by atoms with Crippen molar-refractivity contribution in [1.29, 1.82) is 0 Å². The van der Waals surface area contributed by atoms with Gasteiger partial charge >= 0.3 is 5.97 Å². The van der Waals surface area contributed by atoms with Crippen molar-refractivity contribution in [3.63, 3.8) is 0 Å². The van der Waals surface area contributed by atoms with Crippen LogP contribution >= 0.6 is 0 Å². The molecular formula is C9H18N2O2. The Bertz CT molecular complexity index is 173. The van der Waals surface area contributed by atoms with E-state index in [4.69, 9.17) is 5.11 Å². The summed E-state index contributed by atoms with van der Waals surface area (Å²) in [4.78, 5) is 13.0. The second-order valence-corrected chi connectivity index (χ2v) is 3.54. The first-order chi connectivity index (χ1) is 6.24. The average Bonchev–Trinajstić information content (AvgIpc) is 2.30. The smallest absolute Gasteiger partial charge is 0.309 e. The lowest BCUT2D eigenvalue weighted by Crippen LogP contribution is -2.34. The number of rotatable bonds is 3. The van der Waals surface area contributed by atoms with Gasteiger partial charge in [0, 0.05) is 26.2 Å².